The molecule has 1 aromatic rings. The molecule has 0 radical (unpaired) electrons. The van der Waals surface area contributed by atoms with E-state index in [2.05, 4.69) is 47.2 Å². The van der Waals surface area contributed by atoms with E-state index in [1.165, 1.54) is 12.8 Å². The summed E-state index contributed by atoms with van der Waals surface area (Å²) in [7, 11) is 0. The number of unbranched alkanes of at least 4 members (excludes halogenated alkanes) is 4. The highest BCUT2D eigenvalue weighted by Gasteiger charge is 2.36. The lowest BCUT2D eigenvalue weighted by atomic mass is 10.1. The molecule has 1 aliphatic heterocycles. The molecule has 1 saturated heterocycles. The van der Waals surface area contributed by atoms with Gasteiger partial charge in [0.2, 0.25) is 0 Å². The summed E-state index contributed by atoms with van der Waals surface area (Å²) in [5.74, 6) is -0.469. The topological polar surface area (TPSA) is 55.9 Å². The van der Waals surface area contributed by atoms with Crippen LogP contribution in [0.3, 0.4) is 0 Å². The second-order valence-corrected chi connectivity index (χ2v) is 8.85. The number of benzene rings is 1. The molecule has 2 atom stereocenters. The number of carbonyl (C=O) groups is 2. The number of halogens is 1. The molecule has 0 saturated carbocycles. The van der Waals surface area contributed by atoms with Crippen LogP contribution in [0.5, 0.6) is 0 Å². The fraction of sp³-hybridized carbons (Fsp3) is 0.538. The predicted molar refractivity (Wildman–Crippen MR) is 128 cm³/mol. The molecule has 4 nitrogen and oxygen atoms in total. The normalized spacial score (nSPS) is 18.0. The Hall–Kier alpha value is -1.72. The van der Waals surface area contributed by atoms with Crippen molar-refractivity contribution in [2.45, 2.75) is 83.3 Å². The minimum Gasteiger partial charge on any atom is -0.457 e. The molecule has 1 aliphatic rings. The molecule has 0 N–H and O–H groups in total. The van der Waals surface area contributed by atoms with Gasteiger partial charge in [-0.05, 0) is 44.2 Å². The summed E-state index contributed by atoms with van der Waals surface area (Å²) >= 11 is 3.33. The highest BCUT2D eigenvalue weighted by Crippen LogP contribution is 2.30. The van der Waals surface area contributed by atoms with Gasteiger partial charge in [0.15, 0.2) is 12.4 Å². The summed E-state index contributed by atoms with van der Waals surface area (Å²) in [6.07, 6.45) is 19.6. The zero-order chi connectivity index (χ0) is 22.3. The monoisotopic (exact) mass is 490 g/mol. The van der Waals surface area contributed by atoms with Gasteiger partial charge >= 0.3 is 5.97 Å². The number of rotatable bonds is 16. The number of ketones is 1. The molecule has 2 rings (SSSR count). The van der Waals surface area contributed by atoms with E-state index < -0.39 is 0 Å². The van der Waals surface area contributed by atoms with Gasteiger partial charge in [-0.2, -0.15) is 0 Å². The summed E-state index contributed by atoms with van der Waals surface area (Å²) in [6, 6.07) is 7.04. The third-order valence-electron chi connectivity index (χ3n) is 5.30. The second kappa shape index (κ2) is 15.1. The fourth-order valence-electron chi connectivity index (χ4n) is 3.39. The Morgan fingerprint density at radius 2 is 1.68 bits per heavy atom. The average molecular weight is 491 g/mol. The molecule has 5 heteroatoms. The van der Waals surface area contributed by atoms with Crippen molar-refractivity contribution in [1.82, 2.24) is 0 Å². The van der Waals surface area contributed by atoms with Crippen LogP contribution < -0.4 is 0 Å². The standard InChI is InChI=1S/C26H35BrO4/c1-2-3-4-5-7-10-13-24-25(31-24)14-11-8-6-9-12-15-26(29)30-20-23(28)21-16-18-22(27)19-17-21/h3-4,7,10,16-19,24-25H,2,5-6,8-9,11-15,20H2,1H3/b4-3-,10-7-. The van der Waals surface area contributed by atoms with Gasteiger partial charge in [-0.25, -0.2) is 0 Å². The smallest absolute Gasteiger partial charge is 0.306 e. The van der Waals surface area contributed by atoms with E-state index in [0.717, 1.165) is 49.4 Å². The minimum atomic E-state index is -0.294. The maximum Gasteiger partial charge on any atom is 0.306 e. The van der Waals surface area contributed by atoms with Crippen LogP contribution in [0.25, 0.3) is 0 Å². The second-order valence-electron chi connectivity index (χ2n) is 7.93. The molecule has 1 aromatic carbocycles. The van der Waals surface area contributed by atoms with Gasteiger partial charge in [0.05, 0.1) is 12.2 Å². The Morgan fingerprint density at radius 3 is 2.45 bits per heavy atom. The first-order valence-corrected chi connectivity index (χ1v) is 12.3. The molecule has 1 heterocycles. The molecule has 0 amide bonds. The quantitative estimate of drug-likeness (QED) is 0.0824. The van der Waals surface area contributed by atoms with E-state index in [0.29, 0.717) is 24.2 Å². The molecule has 1 fully saturated rings. The highest BCUT2D eigenvalue weighted by molar-refractivity contribution is 9.10. The fourth-order valence-corrected chi connectivity index (χ4v) is 3.66. The molecule has 170 valence electrons. The van der Waals surface area contributed by atoms with Gasteiger partial charge in [-0.3, -0.25) is 9.59 Å². The van der Waals surface area contributed by atoms with Crippen molar-refractivity contribution in [2.75, 3.05) is 6.61 Å². The van der Waals surface area contributed by atoms with Gasteiger partial charge in [0.25, 0.3) is 0 Å². The van der Waals surface area contributed by atoms with E-state index in [1.807, 2.05) is 0 Å². The third kappa shape index (κ3) is 11.5. The molecule has 31 heavy (non-hydrogen) atoms. The summed E-state index contributed by atoms with van der Waals surface area (Å²) < 4.78 is 11.7. The number of carbonyl (C=O) groups excluding carboxylic acids is 2. The minimum absolute atomic E-state index is 0.176. The number of ether oxygens (including phenoxy) is 2. The maximum atomic E-state index is 12.0. The number of Topliss-reactive ketones (excluding diaryl/α,β-unsaturated/α-hetero) is 1. The lowest BCUT2D eigenvalue weighted by molar-refractivity contribution is -0.142. The van der Waals surface area contributed by atoms with E-state index >= 15 is 0 Å². The maximum absolute atomic E-state index is 12.0. The SMILES string of the molecule is CC/C=C\C/C=C\CC1OC1CCCCCCCC(=O)OCC(=O)c1ccc(Br)cc1. The predicted octanol–water partition coefficient (Wildman–Crippen LogP) is 6.98. The van der Waals surface area contributed by atoms with E-state index in [-0.39, 0.29) is 18.4 Å². The summed E-state index contributed by atoms with van der Waals surface area (Å²) in [5.41, 5.74) is 0.554. The van der Waals surface area contributed by atoms with Crippen LogP contribution in [0, 0.1) is 0 Å². The number of hydrogen-bond acceptors (Lipinski definition) is 4. The van der Waals surface area contributed by atoms with Crippen LogP contribution in [0.1, 0.15) is 81.5 Å². The van der Waals surface area contributed by atoms with Crippen molar-refractivity contribution >= 4 is 27.7 Å². The molecule has 0 spiro atoms. The molecular formula is C26H35BrO4. The third-order valence-corrected chi connectivity index (χ3v) is 5.83. The lowest BCUT2D eigenvalue weighted by Crippen LogP contribution is -2.13. The first-order chi connectivity index (χ1) is 15.1. The lowest BCUT2D eigenvalue weighted by Gasteiger charge is -2.05. The van der Waals surface area contributed by atoms with Gasteiger partial charge in [-0.15, -0.1) is 0 Å². The Kier molecular flexibility index (Phi) is 12.5. The van der Waals surface area contributed by atoms with Crippen molar-refractivity contribution in [2.24, 2.45) is 0 Å². The van der Waals surface area contributed by atoms with Crippen molar-refractivity contribution in [3.8, 4) is 0 Å². The molecule has 0 aromatic heterocycles. The van der Waals surface area contributed by atoms with E-state index in [1.54, 1.807) is 24.3 Å². The van der Waals surface area contributed by atoms with Crippen molar-refractivity contribution in [3.05, 3.63) is 58.6 Å². The average Bonchev–Trinajstić information content (AvgIpc) is 3.52. The van der Waals surface area contributed by atoms with Crippen LogP contribution >= 0.6 is 15.9 Å². The van der Waals surface area contributed by atoms with Gasteiger partial charge in [0, 0.05) is 16.5 Å². The van der Waals surface area contributed by atoms with Gasteiger partial charge < -0.3 is 9.47 Å². The largest absolute Gasteiger partial charge is 0.457 e. The number of epoxide rings is 1. The van der Waals surface area contributed by atoms with Crippen LogP contribution in [0.4, 0.5) is 0 Å². The van der Waals surface area contributed by atoms with Crippen molar-refractivity contribution in [1.29, 1.82) is 0 Å². The van der Waals surface area contributed by atoms with Crippen LogP contribution in [0.15, 0.2) is 53.0 Å². The highest BCUT2D eigenvalue weighted by atomic mass is 79.9. The van der Waals surface area contributed by atoms with Crippen LogP contribution in [-0.4, -0.2) is 30.6 Å². The number of hydrogen-bond donors (Lipinski definition) is 0. The van der Waals surface area contributed by atoms with E-state index in [9.17, 15) is 9.59 Å². The number of allylic oxidation sites excluding steroid dienone is 3. The summed E-state index contributed by atoms with van der Waals surface area (Å²) in [6.45, 7) is 1.96. The zero-order valence-corrected chi connectivity index (χ0v) is 20.1. The van der Waals surface area contributed by atoms with E-state index in [4.69, 9.17) is 9.47 Å². The van der Waals surface area contributed by atoms with Crippen LogP contribution in [0.2, 0.25) is 0 Å². The molecule has 0 aliphatic carbocycles. The summed E-state index contributed by atoms with van der Waals surface area (Å²) in [4.78, 5) is 23.8. The Bertz CT molecular complexity index is 723. The molecule has 2 unspecified atom stereocenters. The Morgan fingerprint density at radius 1 is 0.968 bits per heavy atom. The molecule has 0 bridgehead atoms. The van der Waals surface area contributed by atoms with Gasteiger partial charge in [-0.1, -0.05) is 85.0 Å². The zero-order valence-electron chi connectivity index (χ0n) is 18.6. The first kappa shape index (κ1) is 25.5. The van der Waals surface area contributed by atoms with Crippen molar-refractivity contribution in [3.63, 3.8) is 0 Å². The Labute approximate surface area is 195 Å². The first-order valence-electron chi connectivity index (χ1n) is 11.5. The number of esters is 1. The van der Waals surface area contributed by atoms with Gasteiger partial charge in [0.1, 0.15) is 0 Å². The Balaban J connectivity index is 1.40. The van der Waals surface area contributed by atoms with Crippen LogP contribution in [-0.2, 0) is 14.3 Å². The van der Waals surface area contributed by atoms with Crippen molar-refractivity contribution < 1.29 is 19.1 Å². The summed E-state index contributed by atoms with van der Waals surface area (Å²) in [5, 5.41) is 0. The molecular weight excluding hydrogens is 456 g/mol.